The van der Waals surface area contributed by atoms with Crippen LogP contribution in [0.25, 0.3) is 0 Å². The lowest BCUT2D eigenvalue weighted by atomic mass is 9.80. The topological polar surface area (TPSA) is 39.3 Å². The zero-order valence-corrected chi connectivity index (χ0v) is 14.5. The quantitative estimate of drug-likeness (QED) is 0.663. The molecule has 6 heteroatoms. The Morgan fingerprint density at radius 3 is 2.52 bits per heavy atom. The van der Waals surface area contributed by atoms with Crippen molar-refractivity contribution < 1.29 is 9.53 Å². The van der Waals surface area contributed by atoms with Gasteiger partial charge in [0.25, 0.3) is 0 Å². The van der Waals surface area contributed by atoms with Gasteiger partial charge < -0.3 is 14.5 Å². The maximum atomic E-state index is 11.5. The number of carbonyl (C=O) groups is 1. The highest BCUT2D eigenvalue weighted by atomic mass is 16.5. The van der Waals surface area contributed by atoms with Gasteiger partial charge in [-0.3, -0.25) is 14.6 Å². The van der Waals surface area contributed by atoms with Gasteiger partial charge in [-0.2, -0.15) is 0 Å². The van der Waals surface area contributed by atoms with Crippen LogP contribution >= 0.6 is 0 Å². The Morgan fingerprint density at radius 1 is 1.09 bits per heavy atom. The lowest BCUT2D eigenvalue weighted by Crippen LogP contribution is -2.81. The summed E-state index contributed by atoms with van der Waals surface area (Å²) in [5, 5.41) is 0. The maximum absolute atomic E-state index is 11.5. The van der Waals surface area contributed by atoms with E-state index in [1.807, 2.05) is 4.90 Å². The third-order valence-corrected chi connectivity index (χ3v) is 6.34. The molecule has 4 saturated heterocycles. The minimum Gasteiger partial charge on any atom is -0.378 e. The summed E-state index contributed by atoms with van der Waals surface area (Å²) >= 11 is 0. The lowest BCUT2D eigenvalue weighted by molar-refractivity contribution is -0.172. The van der Waals surface area contributed by atoms with Gasteiger partial charge in [0.05, 0.1) is 18.8 Å². The van der Waals surface area contributed by atoms with E-state index in [4.69, 9.17) is 4.74 Å². The van der Waals surface area contributed by atoms with Gasteiger partial charge >= 0.3 is 0 Å². The molecule has 0 aliphatic carbocycles. The summed E-state index contributed by atoms with van der Waals surface area (Å²) in [6, 6.07) is 1.24. The molecule has 0 N–H and O–H groups in total. The second-order valence-electron chi connectivity index (χ2n) is 7.99. The molecule has 1 amide bonds. The second kappa shape index (κ2) is 5.99. The van der Waals surface area contributed by atoms with Crippen molar-refractivity contribution in [3.8, 4) is 0 Å². The number of carbonyl (C=O) groups excluding carboxylic acids is 1. The average molecular weight is 322 g/mol. The van der Waals surface area contributed by atoms with Crippen molar-refractivity contribution in [3.63, 3.8) is 0 Å². The van der Waals surface area contributed by atoms with E-state index in [0.717, 1.165) is 52.2 Å². The highest BCUT2D eigenvalue weighted by Gasteiger charge is 2.54. The number of fused-ring (bicyclic) bond motifs is 2. The number of likely N-dealkylation sites (tertiary alicyclic amines) is 2. The molecule has 0 aromatic rings. The first-order valence-corrected chi connectivity index (χ1v) is 9.10. The van der Waals surface area contributed by atoms with Crippen molar-refractivity contribution in [1.29, 1.82) is 0 Å². The summed E-state index contributed by atoms with van der Waals surface area (Å²) in [4.78, 5) is 21.4. The Labute approximate surface area is 139 Å². The number of piperazine rings is 1. The van der Waals surface area contributed by atoms with Crippen LogP contribution in [0.15, 0.2) is 0 Å². The van der Waals surface area contributed by atoms with Crippen molar-refractivity contribution in [3.05, 3.63) is 0 Å². The molecule has 0 radical (unpaired) electrons. The first kappa shape index (κ1) is 15.8. The van der Waals surface area contributed by atoms with Crippen LogP contribution in [0, 0.1) is 0 Å². The lowest BCUT2D eigenvalue weighted by Gasteiger charge is -2.64. The van der Waals surface area contributed by atoms with Crippen molar-refractivity contribution in [2.24, 2.45) is 0 Å². The maximum Gasteiger partial charge on any atom is 0.219 e. The van der Waals surface area contributed by atoms with E-state index in [1.54, 1.807) is 6.92 Å². The minimum atomic E-state index is 0.230. The van der Waals surface area contributed by atoms with Gasteiger partial charge in [-0.1, -0.05) is 0 Å². The van der Waals surface area contributed by atoms with Gasteiger partial charge in [-0.15, -0.1) is 0 Å². The number of amides is 1. The van der Waals surface area contributed by atoms with E-state index in [2.05, 4.69) is 21.7 Å². The molecule has 1 atom stereocenters. The fraction of sp³-hybridized carbons (Fsp3) is 0.941. The summed E-state index contributed by atoms with van der Waals surface area (Å²) in [7, 11) is 2.25. The molecular weight excluding hydrogens is 292 g/mol. The van der Waals surface area contributed by atoms with Crippen LogP contribution in [0.3, 0.4) is 0 Å². The minimum absolute atomic E-state index is 0.230. The van der Waals surface area contributed by atoms with Crippen molar-refractivity contribution in [2.45, 2.75) is 37.4 Å². The van der Waals surface area contributed by atoms with Gasteiger partial charge in [0.2, 0.25) is 5.91 Å². The first-order valence-electron chi connectivity index (χ1n) is 9.10. The standard InChI is InChI=1S/C17H30N4O2/c1-14(22)19-5-3-15(4-6-19)20-12-17(13-20)11-18(2)9-16-10-23-8-7-21(16)17/h15-16H,3-13H2,1-2H3. The van der Waals surface area contributed by atoms with E-state index in [1.165, 1.54) is 19.6 Å². The third-order valence-electron chi connectivity index (χ3n) is 6.34. The molecule has 1 spiro atoms. The molecule has 0 bridgehead atoms. The van der Waals surface area contributed by atoms with Crippen LogP contribution < -0.4 is 0 Å². The van der Waals surface area contributed by atoms with E-state index in [9.17, 15) is 4.79 Å². The van der Waals surface area contributed by atoms with Crippen molar-refractivity contribution >= 4 is 5.91 Å². The van der Waals surface area contributed by atoms with Crippen molar-refractivity contribution in [1.82, 2.24) is 19.6 Å². The highest BCUT2D eigenvalue weighted by Crippen LogP contribution is 2.37. The SMILES string of the molecule is CC(=O)N1CCC(N2CC3(CN(C)CC4COCCN43)C2)CC1. The summed E-state index contributed by atoms with van der Waals surface area (Å²) in [5.41, 5.74) is 0.346. The predicted octanol–water partition coefficient (Wildman–Crippen LogP) is -0.302. The van der Waals surface area contributed by atoms with E-state index in [0.29, 0.717) is 17.6 Å². The van der Waals surface area contributed by atoms with Gasteiger partial charge in [0.15, 0.2) is 0 Å². The molecule has 4 rings (SSSR count). The van der Waals surface area contributed by atoms with Crippen LogP contribution in [0.4, 0.5) is 0 Å². The van der Waals surface area contributed by atoms with Crippen LogP contribution in [0.2, 0.25) is 0 Å². The Morgan fingerprint density at radius 2 is 1.83 bits per heavy atom. The molecule has 6 nitrogen and oxygen atoms in total. The number of hydrogen-bond donors (Lipinski definition) is 0. The number of likely N-dealkylation sites (N-methyl/N-ethyl adjacent to an activating group) is 1. The Hall–Kier alpha value is -0.690. The number of ether oxygens (including phenoxy) is 1. The predicted molar refractivity (Wildman–Crippen MR) is 88.4 cm³/mol. The van der Waals surface area contributed by atoms with Gasteiger partial charge in [0.1, 0.15) is 0 Å². The number of rotatable bonds is 1. The fourth-order valence-corrected chi connectivity index (χ4v) is 5.24. The van der Waals surface area contributed by atoms with Crippen molar-refractivity contribution in [2.75, 3.05) is 66.1 Å². The summed E-state index contributed by atoms with van der Waals surface area (Å²) in [6.45, 7) is 11.1. The molecule has 4 heterocycles. The number of nitrogens with zero attached hydrogens (tertiary/aromatic N) is 4. The Balaban J connectivity index is 1.37. The molecular formula is C17H30N4O2. The highest BCUT2D eigenvalue weighted by molar-refractivity contribution is 5.73. The number of hydrogen-bond acceptors (Lipinski definition) is 5. The third kappa shape index (κ3) is 2.80. The summed E-state index contributed by atoms with van der Waals surface area (Å²) in [6.07, 6.45) is 2.27. The van der Waals surface area contributed by atoms with Crippen LogP contribution in [-0.2, 0) is 9.53 Å². The Kier molecular flexibility index (Phi) is 4.12. The molecule has 4 aliphatic heterocycles. The largest absolute Gasteiger partial charge is 0.378 e. The van der Waals surface area contributed by atoms with Gasteiger partial charge in [-0.05, 0) is 19.9 Å². The van der Waals surface area contributed by atoms with E-state index in [-0.39, 0.29) is 5.91 Å². The van der Waals surface area contributed by atoms with Gasteiger partial charge in [-0.25, -0.2) is 0 Å². The Bertz CT molecular complexity index is 458. The van der Waals surface area contributed by atoms with E-state index >= 15 is 0 Å². The van der Waals surface area contributed by atoms with Gasteiger partial charge in [0, 0.05) is 64.8 Å². The monoisotopic (exact) mass is 322 g/mol. The molecule has 4 aliphatic rings. The van der Waals surface area contributed by atoms with Crippen LogP contribution in [-0.4, -0.2) is 109 Å². The molecule has 1 unspecified atom stereocenters. The molecule has 0 aromatic carbocycles. The smallest absolute Gasteiger partial charge is 0.219 e. The molecule has 23 heavy (non-hydrogen) atoms. The summed E-state index contributed by atoms with van der Waals surface area (Å²) < 4.78 is 5.71. The zero-order chi connectivity index (χ0) is 16.0. The fourth-order valence-electron chi connectivity index (χ4n) is 5.24. The van der Waals surface area contributed by atoms with E-state index < -0.39 is 0 Å². The second-order valence-corrected chi connectivity index (χ2v) is 7.99. The molecule has 0 saturated carbocycles. The molecule has 0 aromatic heterocycles. The van der Waals surface area contributed by atoms with Crippen LogP contribution in [0.1, 0.15) is 19.8 Å². The van der Waals surface area contributed by atoms with Crippen LogP contribution in [0.5, 0.6) is 0 Å². The molecule has 4 fully saturated rings. The first-order chi connectivity index (χ1) is 11.1. The number of morpholine rings is 1. The zero-order valence-electron chi connectivity index (χ0n) is 14.5. The average Bonchev–Trinajstić information content (AvgIpc) is 2.51. The number of piperidine rings is 1. The summed E-state index contributed by atoms with van der Waals surface area (Å²) in [5.74, 6) is 0.230. The molecule has 130 valence electrons. The normalized spacial score (nSPS) is 33.5.